The lowest BCUT2D eigenvalue weighted by Gasteiger charge is -2.52. The van der Waals surface area contributed by atoms with Crippen LogP contribution in [0.3, 0.4) is 0 Å². The second kappa shape index (κ2) is 4.74. The van der Waals surface area contributed by atoms with Crippen molar-refractivity contribution < 1.29 is 5.11 Å². The third-order valence-corrected chi connectivity index (χ3v) is 5.37. The van der Waals surface area contributed by atoms with E-state index < -0.39 is 0 Å². The number of hydrogen-bond acceptors (Lipinski definition) is 2. The molecule has 2 heteroatoms. The van der Waals surface area contributed by atoms with Crippen LogP contribution in [0.15, 0.2) is 11.6 Å². The number of fused-ring (bicyclic) bond motifs is 1. The molecular weight excluding hydrogens is 210 g/mol. The van der Waals surface area contributed by atoms with Gasteiger partial charge in [-0.1, -0.05) is 25.5 Å². The van der Waals surface area contributed by atoms with Crippen LogP contribution in [0.4, 0.5) is 0 Å². The fourth-order valence-electron chi connectivity index (χ4n) is 3.89. The molecule has 98 valence electrons. The zero-order chi connectivity index (χ0) is 12.6. The van der Waals surface area contributed by atoms with Gasteiger partial charge in [0.05, 0.1) is 0 Å². The highest BCUT2D eigenvalue weighted by atomic mass is 16.3. The van der Waals surface area contributed by atoms with E-state index in [0.29, 0.717) is 30.3 Å². The zero-order valence-electron chi connectivity index (χ0n) is 11.4. The van der Waals surface area contributed by atoms with Crippen molar-refractivity contribution in [2.24, 2.45) is 29.4 Å². The molecule has 0 saturated heterocycles. The van der Waals surface area contributed by atoms with Gasteiger partial charge in [0.25, 0.3) is 0 Å². The lowest BCUT2D eigenvalue weighted by molar-refractivity contribution is 0.0364. The van der Waals surface area contributed by atoms with Crippen molar-refractivity contribution in [3.63, 3.8) is 0 Å². The molecule has 0 spiro atoms. The van der Waals surface area contributed by atoms with E-state index >= 15 is 0 Å². The molecule has 1 fully saturated rings. The summed E-state index contributed by atoms with van der Waals surface area (Å²) in [5.41, 5.74) is 8.19. The lowest BCUT2D eigenvalue weighted by Crippen LogP contribution is -2.59. The van der Waals surface area contributed by atoms with Crippen molar-refractivity contribution in [3.8, 4) is 0 Å². The molecule has 3 N–H and O–H groups in total. The minimum Gasteiger partial charge on any atom is -0.396 e. The van der Waals surface area contributed by atoms with Crippen LogP contribution < -0.4 is 5.73 Å². The maximum atomic E-state index is 9.43. The van der Waals surface area contributed by atoms with E-state index in [1.807, 2.05) is 0 Å². The minimum absolute atomic E-state index is 0.0220. The number of aliphatic hydroxyl groups excluding tert-OH is 1. The van der Waals surface area contributed by atoms with E-state index in [9.17, 15) is 5.11 Å². The summed E-state index contributed by atoms with van der Waals surface area (Å²) < 4.78 is 0. The first-order chi connectivity index (χ1) is 7.99. The largest absolute Gasteiger partial charge is 0.396 e. The Kier molecular flexibility index (Phi) is 3.65. The van der Waals surface area contributed by atoms with E-state index in [1.54, 1.807) is 0 Å². The summed E-state index contributed by atoms with van der Waals surface area (Å²) in [5.74, 6) is 2.02. The Labute approximate surface area is 105 Å². The van der Waals surface area contributed by atoms with Crippen LogP contribution in [0.2, 0.25) is 0 Å². The Morgan fingerprint density at radius 2 is 2.24 bits per heavy atom. The predicted octanol–water partition coefficient (Wildman–Crippen LogP) is 2.71. The summed E-state index contributed by atoms with van der Waals surface area (Å²) in [6.45, 7) is 6.98. The first kappa shape index (κ1) is 13.1. The molecule has 0 aliphatic heterocycles. The van der Waals surface area contributed by atoms with Gasteiger partial charge in [0.15, 0.2) is 0 Å². The highest BCUT2D eigenvalue weighted by molar-refractivity contribution is 5.19. The van der Waals surface area contributed by atoms with Crippen LogP contribution in [-0.4, -0.2) is 17.3 Å². The summed E-state index contributed by atoms with van der Waals surface area (Å²) in [7, 11) is 0. The van der Waals surface area contributed by atoms with Crippen molar-refractivity contribution in [1.29, 1.82) is 0 Å². The minimum atomic E-state index is -0.0220. The predicted molar refractivity (Wildman–Crippen MR) is 71.5 cm³/mol. The molecule has 0 bridgehead atoms. The third kappa shape index (κ3) is 2.17. The highest BCUT2D eigenvalue weighted by Crippen LogP contribution is 2.49. The second-order valence-corrected chi connectivity index (χ2v) is 6.45. The molecule has 0 heterocycles. The van der Waals surface area contributed by atoms with Gasteiger partial charge >= 0.3 is 0 Å². The van der Waals surface area contributed by atoms with Gasteiger partial charge in [-0.25, -0.2) is 0 Å². The fraction of sp³-hybridized carbons (Fsp3) is 0.867. The first-order valence-corrected chi connectivity index (χ1v) is 7.06. The number of hydrogen-bond donors (Lipinski definition) is 2. The molecule has 1 saturated carbocycles. The van der Waals surface area contributed by atoms with Crippen molar-refractivity contribution >= 4 is 0 Å². The van der Waals surface area contributed by atoms with Gasteiger partial charge in [-0.3, -0.25) is 0 Å². The topological polar surface area (TPSA) is 46.2 Å². The van der Waals surface area contributed by atoms with E-state index in [4.69, 9.17) is 5.73 Å². The van der Waals surface area contributed by atoms with Gasteiger partial charge in [0.1, 0.15) is 0 Å². The number of rotatable bonds is 2. The van der Waals surface area contributed by atoms with Crippen molar-refractivity contribution in [2.45, 2.75) is 52.0 Å². The summed E-state index contributed by atoms with van der Waals surface area (Å²) in [6.07, 6.45) is 7.12. The molecule has 0 radical (unpaired) electrons. The van der Waals surface area contributed by atoms with Crippen LogP contribution in [0, 0.1) is 23.7 Å². The first-order valence-electron chi connectivity index (χ1n) is 7.06. The summed E-state index contributed by atoms with van der Waals surface area (Å²) >= 11 is 0. The molecule has 2 rings (SSSR count). The van der Waals surface area contributed by atoms with Gasteiger partial charge in [-0.2, -0.15) is 0 Å². The van der Waals surface area contributed by atoms with Gasteiger partial charge in [0.2, 0.25) is 0 Å². The third-order valence-electron chi connectivity index (χ3n) is 5.37. The smallest absolute Gasteiger partial charge is 0.0459 e. The van der Waals surface area contributed by atoms with Crippen LogP contribution in [-0.2, 0) is 0 Å². The maximum Gasteiger partial charge on any atom is 0.0459 e. The quantitative estimate of drug-likeness (QED) is 0.725. The van der Waals surface area contributed by atoms with Gasteiger partial charge < -0.3 is 10.8 Å². The lowest BCUT2D eigenvalue weighted by atomic mass is 9.56. The molecule has 17 heavy (non-hydrogen) atoms. The molecule has 2 nitrogen and oxygen atoms in total. The SMILES string of the molecule is CC1=C[C@@H]2C(C(C)CO)CC[C@@H](C)[C@]2(N)CC1. The van der Waals surface area contributed by atoms with Crippen LogP contribution >= 0.6 is 0 Å². The van der Waals surface area contributed by atoms with E-state index in [-0.39, 0.29) is 5.54 Å². The highest BCUT2D eigenvalue weighted by Gasteiger charge is 2.48. The molecule has 0 aromatic rings. The van der Waals surface area contributed by atoms with Gasteiger partial charge in [-0.05, 0) is 56.3 Å². The van der Waals surface area contributed by atoms with E-state index in [2.05, 4.69) is 26.8 Å². The Bertz CT molecular complexity index is 312. The number of allylic oxidation sites excluding steroid dienone is 1. The standard InChI is InChI=1S/C15H27NO/c1-10-6-7-15(16)12(3)4-5-13(11(2)9-17)14(15)8-10/h8,11-14,17H,4-7,9,16H2,1-3H3/t11?,12-,13?,14-,15-/m1/s1. The molecular formula is C15H27NO. The molecule has 5 atom stereocenters. The van der Waals surface area contributed by atoms with Gasteiger partial charge in [-0.15, -0.1) is 0 Å². The normalized spacial score (nSPS) is 43.8. The average molecular weight is 237 g/mol. The van der Waals surface area contributed by atoms with Crippen molar-refractivity contribution in [3.05, 3.63) is 11.6 Å². The van der Waals surface area contributed by atoms with Gasteiger partial charge in [0, 0.05) is 12.1 Å². The number of nitrogens with two attached hydrogens (primary N) is 1. The second-order valence-electron chi connectivity index (χ2n) is 6.45. The average Bonchev–Trinajstić information content (AvgIpc) is 2.31. The van der Waals surface area contributed by atoms with Crippen molar-refractivity contribution in [2.75, 3.05) is 6.61 Å². The van der Waals surface area contributed by atoms with E-state index in [0.717, 1.165) is 12.8 Å². The number of aliphatic hydroxyl groups is 1. The molecule has 2 aliphatic rings. The molecule has 2 unspecified atom stereocenters. The summed E-state index contributed by atoms with van der Waals surface area (Å²) in [5, 5.41) is 9.43. The van der Waals surface area contributed by atoms with Crippen LogP contribution in [0.5, 0.6) is 0 Å². The molecule has 0 amide bonds. The monoisotopic (exact) mass is 237 g/mol. The zero-order valence-corrected chi connectivity index (χ0v) is 11.4. The fourth-order valence-corrected chi connectivity index (χ4v) is 3.89. The Hall–Kier alpha value is -0.340. The molecule has 0 aromatic heterocycles. The van der Waals surface area contributed by atoms with Crippen LogP contribution in [0.25, 0.3) is 0 Å². The Balaban J connectivity index is 2.30. The Morgan fingerprint density at radius 3 is 2.88 bits per heavy atom. The van der Waals surface area contributed by atoms with Crippen LogP contribution in [0.1, 0.15) is 46.5 Å². The summed E-state index contributed by atoms with van der Waals surface area (Å²) in [6, 6.07) is 0. The Morgan fingerprint density at radius 1 is 1.53 bits per heavy atom. The molecule has 2 aliphatic carbocycles. The van der Waals surface area contributed by atoms with Crippen molar-refractivity contribution in [1.82, 2.24) is 0 Å². The summed E-state index contributed by atoms with van der Waals surface area (Å²) in [4.78, 5) is 0. The molecule has 0 aromatic carbocycles. The maximum absolute atomic E-state index is 9.43. The van der Waals surface area contributed by atoms with E-state index in [1.165, 1.54) is 18.4 Å².